The number of methoxy groups -OCH3 is 2. The Bertz CT molecular complexity index is 2520. The summed E-state index contributed by atoms with van der Waals surface area (Å²) >= 11 is 0. The predicted octanol–water partition coefficient (Wildman–Crippen LogP) is 8.16. The normalized spacial score (nSPS) is 20.5. The van der Waals surface area contributed by atoms with Crippen LogP contribution in [-0.2, 0) is 19.1 Å². The van der Waals surface area contributed by atoms with Crippen LogP contribution in [0.1, 0.15) is 90.0 Å². The number of ether oxygens (including phenoxy) is 2. The average molecular weight is 841 g/mol. The van der Waals surface area contributed by atoms with Crippen molar-refractivity contribution in [3.8, 4) is 33.6 Å². The van der Waals surface area contributed by atoms with E-state index in [1.54, 1.807) is 0 Å². The SMILES string of the molecule is COC(=O)NC(C(=O)N1CC2(CC2)C[C@H]1c1ncc(-c2ccc3cc(-c4ccc(-c5cnc([C@@H]6CC7(CC7)CN6C(=O)[C@@H](NC(=O)OC)C(C)C)[nH]5)cc4)ccc3c2)[nH]1)C(C)C. The number of hydrogen-bond acceptors (Lipinski definition) is 8. The maximum Gasteiger partial charge on any atom is 0.407 e. The van der Waals surface area contributed by atoms with E-state index in [0.29, 0.717) is 13.1 Å². The van der Waals surface area contributed by atoms with Gasteiger partial charge in [-0.05, 0) is 101 Å². The van der Waals surface area contributed by atoms with Crippen molar-refractivity contribution in [2.24, 2.45) is 22.7 Å². The Morgan fingerprint density at radius 1 is 0.613 bits per heavy atom. The number of likely N-dealkylation sites (tertiary alicyclic amines) is 2. The first-order chi connectivity index (χ1) is 29.8. The molecule has 62 heavy (non-hydrogen) atoms. The van der Waals surface area contributed by atoms with Crippen molar-refractivity contribution >= 4 is 34.8 Å². The van der Waals surface area contributed by atoms with E-state index in [4.69, 9.17) is 19.4 Å². The second kappa shape index (κ2) is 15.9. The van der Waals surface area contributed by atoms with Crippen molar-refractivity contribution in [3.63, 3.8) is 0 Å². The molecule has 2 spiro atoms. The number of fused-ring (bicyclic) bond motifs is 1. The molecule has 4 atom stereocenters. The number of nitrogens with zero attached hydrogens (tertiary/aromatic N) is 4. The van der Waals surface area contributed by atoms with E-state index in [1.807, 2.05) is 49.9 Å². The minimum Gasteiger partial charge on any atom is -0.453 e. The van der Waals surface area contributed by atoms with Gasteiger partial charge in [-0.3, -0.25) is 9.59 Å². The number of carbonyl (C=O) groups is 4. The highest BCUT2D eigenvalue weighted by atomic mass is 16.5. The van der Waals surface area contributed by atoms with Gasteiger partial charge in [-0.1, -0.05) is 76.2 Å². The minimum absolute atomic E-state index is 0.104. The number of H-pyrrole nitrogens is 2. The molecule has 2 saturated heterocycles. The van der Waals surface area contributed by atoms with E-state index >= 15 is 0 Å². The average Bonchev–Trinajstić information content (AvgIpc) is 3.85. The Balaban J connectivity index is 0.890. The monoisotopic (exact) mass is 840 g/mol. The summed E-state index contributed by atoms with van der Waals surface area (Å²) in [6.45, 7) is 9.02. The van der Waals surface area contributed by atoms with Crippen molar-refractivity contribution in [2.75, 3.05) is 27.3 Å². The molecular weight excluding hydrogens is 785 g/mol. The summed E-state index contributed by atoms with van der Waals surface area (Å²) in [5.74, 6) is 1.09. The van der Waals surface area contributed by atoms with Crippen LogP contribution in [0.5, 0.6) is 0 Å². The van der Waals surface area contributed by atoms with Gasteiger partial charge < -0.3 is 39.9 Å². The van der Waals surface area contributed by atoms with Crippen LogP contribution in [-0.4, -0.2) is 93.1 Å². The molecule has 2 aromatic heterocycles. The molecule has 3 aromatic carbocycles. The van der Waals surface area contributed by atoms with Crippen molar-refractivity contribution < 1.29 is 28.7 Å². The minimum atomic E-state index is -0.687. The first-order valence-electron chi connectivity index (χ1n) is 21.8. The molecule has 2 aliphatic carbocycles. The number of amides is 4. The third-order valence-corrected chi connectivity index (χ3v) is 13.8. The molecule has 5 aromatic rings. The van der Waals surface area contributed by atoms with Gasteiger partial charge in [0.15, 0.2) is 0 Å². The summed E-state index contributed by atoms with van der Waals surface area (Å²) < 4.78 is 9.65. The molecule has 2 aliphatic heterocycles. The molecule has 1 unspecified atom stereocenters. The van der Waals surface area contributed by atoms with Crippen molar-refractivity contribution in [1.29, 1.82) is 0 Å². The van der Waals surface area contributed by atoms with Crippen molar-refractivity contribution in [3.05, 3.63) is 84.7 Å². The van der Waals surface area contributed by atoms with E-state index in [0.717, 1.165) is 94.6 Å². The summed E-state index contributed by atoms with van der Waals surface area (Å²) in [6, 6.07) is 19.5. The van der Waals surface area contributed by atoms with Gasteiger partial charge in [0.1, 0.15) is 23.7 Å². The van der Waals surface area contributed by atoms with Crippen LogP contribution in [0.3, 0.4) is 0 Å². The molecule has 4 N–H and O–H groups in total. The summed E-state index contributed by atoms with van der Waals surface area (Å²) in [6.07, 6.45) is 8.51. The second-order valence-corrected chi connectivity index (χ2v) is 18.8. The van der Waals surface area contributed by atoms with Gasteiger partial charge in [0.25, 0.3) is 0 Å². The molecule has 324 valence electrons. The van der Waals surface area contributed by atoms with Gasteiger partial charge in [-0.25, -0.2) is 19.6 Å². The number of benzene rings is 3. The molecule has 2 saturated carbocycles. The smallest absolute Gasteiger partial charge is 0.407 e. The molecule has 0 radical (unpaired) electrons. The second-order valence-electron chi connectivity index (χ2n) is 18.8. The number of alkyl carbamates (subject to hydrolysis) is 2. The first-order valence-corrected chi connectivity index (χ1v) is 21.8. The van der Waals surface area contributed by atoms with Crippen molar-refractivity contribution in [2.45, 2.75) is 90.4 Å². The Labute approximate surface area is 361 Å². The molecule has 4 amide bonds. The van der Waals surface area contributed by atoms with Crippen LogP contribution >= 0.6 is 0 Å². The topological polar surface area (TPSA) is 175 Å². The third kappa shape index (κ3) is 7.91. The Morgan fingerprint density at radius 2 is 1.02 bits per heavy atom. The predicted molar refractivity (Wildman–Crippen MR) is 234 cm³/mol. The number of aromatic amines is 2. The Morgan fingerprint density at radius 3 is 1.45 bits per heavy atom. The summed E-state index contributed by atoms with van der Waals surface area (Å²) in [4.78, 5) is 72.5. The highest BCUT2D eigenvalue weighted by molar-refractivity contribution is 5.91. The van der Waals surface area contributed by atoms with Crippen LogP contribution in [0, 0.1) is 22.7 Å². The number of carbonyl (C=O) groups excluding carboxylic acids is 4. The van der Waals surface area contributed by atoms with Crippen LogP contribution < -0.4 is 10.6 Å². The summed E-state index contributed by atoms with van der Waals surface area (Å²) in [5.41, 5.74) is 6.20. The fourth-order valence-corrected chi connectivity index (χ4v) is 9.64. The van der Waals surface area contributed by atoms with Crippen molar-refractivity contribution in [1.82, 2.24) is 40.4 Å². The molecule has 4 fully saturated rings. The lowest BCUT2D eigenvalue weighted by Crippen LogP contribution is -2.51. The maximum atomic E-state index is 13.9. The lowest BCUT2D eigenvalue weighted by Gasteiger charge is -2.30. The van der Waals surface area contributed by atoms with Crippen LogP contribution in [0.25, 0.3) is 44.4 Å². The summed E-state index contributed by atoms with van der Waals surface area (Å²) in [5, 5.41) is 7.71. The van der Waals surface area contributed by atoms with Gasteiger partial charge >= 0.3 is 12.2 Å². The zero-order chi connectivity index (χ0) is 43.5. The van der Waals surface area contributed by atoms with Crippen LogP contribution in [0.4, 0.5) is 9.59 Å². The number of imidazole rings is 2. The van der Waals surface area contributed by atoms with Gasteiger partial charge in [0.05, 0.1) is 50.1 Å². The molecule has 4 heterocycles. The number of nitrogens with one attached hydrogen (secondary N) is 4. The molecule has 4 aliphatic rings. The fourth-order valence-electron chi connectivity index (χ4n) is 9.64. The highest BCUT2D eigenvalue weighted by Crippen LogP contribution is 2.59. The zero-order valence-electron chi connectivity index (χ0n) is 36.3. The molecule has 9 rings (SSSR count). The first kappa shape index (κ1) is 41.2. The number of rotatable bonds is 11. The van der Waals surface area contributed by atoms with Gasteiger partial charge in [-0.2, -0.15) is 0 Å². The number of aromatic nitrogens is 4. The zero-order valence-corrected chi connectivity index (χ0v) is 36.3. The van der Waals surface area contributed by atoms with E-state index in [-0.39, 0.29) is 46.6 Å². The lowest BCUT2D eigenvalue weighted by molar-refractivity contribution is -0.136. The van der Waals surface area contributed by atoms with E-state index in [9.17, 15) is 19.2 Å². The van der Waals surface area contributed by atoms with Gasteiger partial charge in [-0.15, -0.1) is 0 Å². The molecule has 14 heteroatoms. The molecule has 0 bridgehead atoms. The highest BCUT2D eigenvalue weighted by Gasteiger charge is 2.56. The Hall–Kier alpha value is -6.18. The van der Waals surface area contributed by atoms with Crippen LogP contribution in [0.2, 0.25) is 0 Å². The van der Waals surface area contributed by atoms with E-state index in [2.05, 4.69) is 81.3 Å². The van der Waals surface area contributed by atoms with E-state index in [1.165, 1.54) is 14.2 Å². The fraction of sp³-hybridized carbons (Fsp3) is 0.458. The Kier molecular flexibility index (Phi) is 10.6. The quantitative estimate of drug-likeness (QED) is 0.103. The maximum absolute atomic E-state index is 13.9. The lowest BCUT2D eigenvalue weighted by atomic mass is 9.98. The van der Waals surface area contributed by atoms with Gasteiger partial charge in [0.2, 0.25) is 11.8 Å². The standard InChI is InChI=1S/C48H56N8O6/c1-27(2)39(53-45(59)61-5)43(57)55-25-47(15-16-47)21-37(55)41-49-23-35(51-41)30-9-7-29(8-10-30)31-11-12-33-20-34(14-13-32(33)19-31)36-24-50-42(52-36)38-22-48(17-18-48)26-56(38)44(58)40(28(3)4)54-46(60)62-6/h7-14,19-20,23-24,27-28,37-40H,15-18,21-22,25-26H2,1-6H3,(H,49,51)(H,50,52)(H,53,59)(H,54,60)/t37-,38-,39-,40?/m0/s1. The third-order valence-electron chi connectivity index (χ3n) is 13.8. The van der Waals surface area contributed by atoms with E-state index < -0.39 is 24.3 Å². The van der Waals surface area contributed by atoms with Crippen LogP contribution in [0.15, 0.2) is 73.1 Å². The molecular formula is C48H56N8O6. The molecule has 14 nitrogen and oxygen atoms in total. The number of hydrogen-bond donors (Lipinski definition) is 4. The van der Waals surface area contributed by atoms with Gasteiger partial charge in [0, 0.05) is 18.7 Å². The summed E-state index contributed by atoms with van der Waals surface area (Å²) in [7, 11) is 2.61. The largest absolute Gasteiger partial charge is 0.453 e.